The van der Waals surface area contributed by atoms with Gasteiger partial charge in [0.1, 0.15) is 16.8 Å². The predicted molar refractivity (Wildman–Crippen MR) is 99.0 cm³/mol. The number of aromatic nitrogens is 3. The summed E-state index contributed by atoms with van der Waals surface area (Å²) in [5, 5.41) is 11.6. The molecule has 1 aromatic heterocycles. The van der Waals surface area contributed by atoms with Crippen LogP contribution in [0.1, 0.15) is 23.9 Å². The van der Waals surface area contributed by atoms with Crippen LogP contribution < -0.4 is 15.5 Å². The lowest BCUT2D eigenvalue weighted by Gasteiger charge is -2.32. The molecule has 1 aromatic carbocycles. The lowest BCUT2D eigenvalue weighted by molar-refractivity contribution is -0.121. The van der Waals surface area contributed by atoms with E-state index in [0.29, 0.717) is 18.3 Å². The molecule has 0 saturated heterocycles. The van der Waals surface area contributed by atoms with Gasteiger partial charge < -0.3 is 20.2 Å². The van der Waals surface area contributed by atoms with Gasteiger partial charge in [-0.25, -0.2) is 4.68 Å². The van der Waals surface area contributed by atoms with E-state index in [1.165, 1.54) is 11.8 Å². The minimum Gasteiger partial charge on any atom is -0.497 e. The van der Waals surface area contributed by atoms with E-state index in [0.717, 1.165) is 23.6 Å². The molecule has 1 aliphatic rings. The number of ether oxygens (including phenoxy) is 2. The Hall–Kier alpha value is -2.26. The van der Waals surface area contributed by atoms with Gasteiger partial charge >= 0.3 is 0 Å². The van der Waals surface area contributed by atoms with Gasteiger partial charge in [-0.1, -0.05) is 23.9 Å². The average Bonchev–Trinajstić information content (AvgIpc) is 3.04. The maximum Gasteiger partial charge on any atom is 0.236 e. The van der Waals surface area contributed by atoms with E-state index in [2.05, 4.69) is 20.9 Å². The van der Waals surface area contributed by atoms with Gasteiger partial charge in [0.25, 0.3) is 0 Å². The number of amides is 1. The molecule has 2 unspecified atom stereocenters. The Labute approximate surface area is 156 Å². The molecule has 0 spiro atoms. The third kappa shape index (κ3) is 3.94. The zero-order valence-corrected chi connectivity index (χ0v) is 15.9. The Balaban J connectivity index is 1.81. The Morgan fingerprint density at radius 1 is 1.31 bits per heavy atom. The quantitative estimate of drug-likeness (QED) is 0.707. The number of hydrogen-bond donors (Lipinski definition) is 2. The first-order valence-electron chi connectivity index (χ1n) is 8.40. The molecule has 0 fully saturated rings. The first-order valence-corrected chi connectivity index (χ1v) is 9.28. The lowest BCUT2D eigenvalue weighted by atomic mass is 10.0. The molecule has 0 radical (unpaired) electrons. The Morgan fingerprint density at radius 2 is 2.08 bits per heavy atom. The molecular formula is C17H23N5O3S. The number of fused-ring (bicyclic) bond motifs is 1. The summed E-state index contributed by atoms with van der Waals surface area (Å²) in [7, 11) is 3.28. The van der Waals surface area contributed by atoms with Crippen LogP contribution in [0.4, 0.5) is 0 Å². The third-order valence-corrected chi connectivity index (χ3v) is 5.37. The maximum absolute atomic E-state index is 12.8. The molecule has 0 bridgehead atoms. The number of hydrogen-bond acceptors (Lipinski definition) is 7. The lowest BCUT2D eigenvalue weighted by Crippen LogP contribution is -2.44. The average molecular weight is 377 g/mol. The van der Waals surface area contributed by atoms with Crippen molar-refractivity contribution in [3.8, 4) is 5.75 Å². The van der Waals surface area contributed by atoms with Gasteiger partial charge in [-0.3, -0.25) is 4.79 Å². The maximum atomic E-state index is 12.8. The molecule has 9 heteroatoms. The van der Waals surface area contributed by atoms with E-state index in [1.807, 2.05) is 35.9 Å². The largest absolute Gasteiger partial charge is 0.497 e. The van der Waals surface area contributed by atoms with Crippen molar-refractivity contribution in [3.05, 3.63) is 35.7 Å². The van der Waals surface area contributed by atoms with E-state index in [-0.39, 0.29) is 17.2 Å². The summed E-state index contributed by atoms with van der Waals surface area (Å²) in [5.74, 6) is 1.50. The van der Waals surface area contributed by atoms with Crippen molar-refractivity contribution >= 4 is 17.7 Å². The van der Waals surface area contributed by atoms with Gasteiger partial charge in [0.2, 0.25) is 11.1 Å². The number of nitrogens with zero attached hydrogens (tertiary/aromatic N) is 3. The van der Waals surface area contributed by atoms with Gasteiger partial charge in [-0.2, -0.15) is 0 Å². The van der Waals surface area contributed by atoms with Gasteiger partial charge in [-0.05, 0) is 31.0 Å². The standard InChI is InChI=1S/C17H23N5O3S/c1-11-19-20-17-22(11)21-14(12-5-7-13(25-3)8-6-12)15(26-17)16(23)18-9-4-10-24-2/h5-8,14-15,21H,4,9-10H2,1-3H3,(H,18,23). The summed E-state index contributed by atoms with van der Waals surface area (Å²) < 4.78 is 12.1. The molecule has 2 atom stereocenters. The number of carbonyl (C=O) groups is 1. The topological polar surface area (TPSA) is 90.3 Å². The number of carbonyl (C=O) groups excluding carboxylic acids is 1. The second-order valence-corrected chi connectivity index (χ2v) is 7.03. The summed E-state index contributed by atoms with van der Waals surface area (Å²) in [6.45, 7) is 3.07. The summed E-state index contributed by atoms with van der Waals surface area (Å²) >= 11 is 1.41. The first-order chi connectivity index (χ1) is 12.6. The summed E-state index contributed by atoms with van der Waals surface area (Å²) in [6.07, 6.45) is 0.773. The first kappa shape index (κ1) is 18.5. The van der Waals surface area contributed by atoms with Crippen LogP contribution >= 0.6 is 11.8 Å². The van der Waals surface area contributed by atoms with E-state index in [1.54, 1.807) is 14.2 Å². The van der Waals surface area contributed by atoms with Gasteiger partial charge in [0.05, 0.1) is 13.2 Å². The van der Waals surface area contributed by atoms with Crippen molar-refractivity contribution in [2.45, 2.75) is 29.8 Å². The highest BCUT2D eigenvalue weighted by molar-refractivity contribution is 8.00. The van der Waals surface area contributed by atoms with Crippen molar-refractivity contribution in [2.24, 2.45) is 0 Å². The van der Waals surface area contributed by atoms with Gasteiger partial charge in [0.15, 0.2) is 0 Å². The molecule has 8 nitrogen and oxygen atoms in total. The summed E-state index contributed by atoms with van der Waals surface area (Å²) in [6, 6.07) is 7.50. The van der Waals surface area contributed by atoms with Crippen LogP contribution in [-0.4, -0.2) is 53.4 Å². The predicted octanol–water partition coefficient (Wildman–Crippen LogP) is 1.51. The second-order valence-electron chi connectivity index (χ2n) is 5.92. The highest BCUT2D eigenvalue weighted by Crippen LogP contribution is 2.37. The number of thioether (sulfide) groups is 1. The monoisotopic (exact) mass is 377 g/mol. The third-order valence-electron chi connectivity index (χ3n) is 4.16. The minimum absolute atomic E-state index is 0.0358. The second kappa shape index (κ2) is 8.41. The van der Waals surface area contributed by atoms with Crippen LogP contribution in [0.2, 0.25) is 0 Å². The van der Waals surface area contributed by atoms with Crippen molar-refractivity contribution in [1.82, 2.24) is 20.2 Å². The zero-order chi connectivity index (χ0) is 18.5. The SMILES string of the molecule is COCCCNC(=O)C1Sc2nnc(C)n2NC1c1ccc(OC)cc1. The zero-order valence-electron chi connectivity index (χ0n) is 15.1. The molecule has 2 heterocycles. The molecule has 26 heavy (non-hydrogen) atoms. The fourth-order valence-corrected chi connectivity index (χ4v) is 3.90. The van der Waals surface area contributed by atoms with E-state index >= 15 is 0 Å². The van der Waals surface area contributed by atoms with Gasteiger partial charge in [-0.15, -0.1) is 10.2 Å². The van der Waals surface area contributed by atoms with Crippen LogP contribution in [0.5, 0.6) is 5.75 Å². The van der Waals surface area contributed by atoms with Crippen LogP contribution in [0.25, 0.3) is 0 Å². The van der Waals surface area contributed by atoms with Crippen LogP contribution in [0.3, 0.4) is 0 Å². The molecule has 1 aliphatic heterocycles. The smallest absolute Gasteiger partial charge is 0.236 e. The van der Waals surface area contributed by atoms with E-state index in [4.69, 9.17) is 9.47 Å². The van der Waals surface area contributed by atoms with Crippen LogP contribution in [-0.2, 0) is 9.53 Å². The van der Waals surface area contributed by atoms with Crippen LogP contribution in [0.15, 0.2) is 29.4 Å². The Morgan fingerprint density at radius 3 is 2.77 bits per heavy atom. The molecule has 2 N–H and O–H groups in total. The number of benzene rings is 1. The van der Waals surface area contributed by atoms with Crippen molar-refractivity contribution < 1.29 is 14.3 Å². The van der Waals surface area contributed by atoms with Gasteiger partial charge in [0, 0.05) is 20.3 Å². The molecule has 0 aliphatic carbocycles. The highest BCUT2D eigenvalue weighted by Gasteiger charge is 2.37. The van der Waals surface area contributed by atoms with E-state index in [9.17, 15) is 4.79 Å². The van der Waals surface area contributed by atoms with Crippen molar-refractivity contribution in [1.29, 1.82) is 0 Å². The highest BCUT2D eigenvalue weighted by atomic mass is 32.2. The van der Waals surface area contributed by atoms with E-state index < -0.39 is 0 Å². The fourth-order valence-electron chi connectivity index (χ4n) is 2.75. The number of nitrogens with one attached hydrogen (secondary N) is 2. The minimum atomic E-state index is -0.359. The molecule has 1 amide bonds. The molecule has 2 aromatic rings. The normalized spacial score (nSPS) is 18.7. The molecule has 140 valence electrons. The van der Waals surface area contributed by atoms with Crippen molar-refractivity contribution in [3.63, 3.8) is 0 Å². The molecule has 0 saturated carbocycles. The number of aryl methyl sites for hydroxylation is 1. The number of methoxy groups -OCH3 is 2. The van der Waals surface area contributed by atoms with Crippen LogP contribution in [0, 0.1) is 6.92 Å². The molecule has 3 rings (SSSR count). The molecular weight excluding hydrogens is 354 g/mol. The fraction of sp³-hybridized carbons (Fsp3) is 0.471. The summed E-state index contributed by atoms with van der Waals surface area (Å²) in [4.78, 5) is 12.8. The van der Waals surface area contributed by atoms with Crippen molar-refractivity contribution in [2.75, 3.05) is 32.8 Å². The summed E-state index contributed by atoms with van der Waals surface area (Å²) in [5.41, 5.74) is 4.37. The number of rotatable bonds is 7. The Kier molecular flexibility index (Phi) is 6.00. The Bertz CT molecular complexity index is 749.